The van der Waals surface area contributed by atoms with E-state index < -0.39 is 0 Å². The molecule has 10 aromatic rings. The van der Waals surface area contributed by atoms with Gasteiger partial charge in [-0.1, -0.05) is 146 Å². The van der Waals surface area contributed by atoms with Crippen LogP contribution in [0.1, 0.15) is 0 Å². The molecule has 8 aromatic carbocycles. The summed E-state index contributed by atoms with van der Waals surface area (Å²) in [6.07, 6.45) is 0. The zero-order valence-corrected chi connectivity index (χ0v) is 26.5. The van der Waals surface area contributed by atoms with E-state index in [2.05, 4.69) is 121 Å². The van der Waals surface area contributed by atoms with Crippen molar-refractivity contribution in [1.29, 1.82) is 0 Å². The Morgan fingerprint density at radius 2 is 0.878 bits per heavy atom. The summed E-state index contributed by atoms with van der Waals surface area (Å²) in [7, 11) is 0. The molecule has 0 fully saturated rings. The molecule has 0 N–H and O–H groups in total. The Morgan fingerprint density at radius 3 is 1.57 bits per heavy atom. The van der Waals surface area contributed by atoms with Crippen LogP contribution in [0.3, 0.4) is 0 Å². The third-order valence-corrected chi connectivity index (χ3v) is 9.68. The molecular weight excluding hydrogens is 597 g/mol. The number of benzene rings is 8. The molecule has 3 nitrogen and oxygen atoms in total. The van der Waals surface area contributed by atoms with Gasteiger partial charge in [-0.3, -0.25) is 0 Å². The highest BCUT2D eigenvalue weighted by molar-refractivity contribution is 6.26. The van der Waals surface area contributed by atoms with E-state index in [1.807, 2.05) is 48.5 Å². The lowest BCUT2D eigenvalue weighted by atomic mass is 9.91. The van der Waals surface area contributed by atoms with Crippen LogP contribution >= 0.6 is 0 Å². The molecule has 2 heterocycles. The molecule has 0 amide bonds. The van der Waals surface area contributed by atoms with Crippen LogP contribution in [0.4, 0.5) is 0 Å². The molecule has 0 saturated carbocycles. The molecule has 10 rings (SSSR count). The van der Waals surface area contributed by atoms with Crippen molar-refractivity contribution in [3.63, 3.8) is 0 Å². The van der Waals surface area contributed by atoms with Gasteiger partial charge in [0.15, 0.2) is 5.82 Å². The highest BCUT2D eigenvalue weighted by Gasteiger charge is 2.20. The van der Waals surface area contributed by atoms with Gasteiger partial charge in [0.1, 0.15) is 11.2 Å². The predicted molar refractivity (Wildman–Crippen MR) is 204 cm³/mol. The molecule has 0 aliphatic carbocycles. The van der Waals surface area contributed by atoms with Crippen LogP contribution in [0.25, 0.3) is 99.3 Å². The standard InChI is InChI=1S/C46H28N2O/c1-3-13-29(14-4-1)41-28-42(48-46(47-41)30-15-5-2-6-16-30)38-26-25-32(45-44(38)39-21-11-12-22-43(39)49-45)31-23-24-37-35-19-8-7-17-33(35)34-18-9-10-20-36(34)40(37)27-31/h1-28H. The number of hydrogen-bond acceptors (Lipinski definition) is 3. The first kappa shape index (κ1) is 27.5. The maximum atomic E-state index is 6.76. The third-order valence-electron chi connectivity index (χ3n) is 9.68. The summed E-state index contributed by atoms with van der Waals surface area (Å²) in [5.41, 5.74) is 8.63. The largest absolute Gasteiger partial charge is 0.455 e. The van der Waals surface area contributed by atoms with Gasteiger partial charge in [0, 0.05) is 33.0 Å². The normalized spacial score (nSPS) is 11.7. The minimum atomic E-state index is 0.690. The quantitative estimate of drug-likeness (QED) is 0.183. The lowest BCUT2D eigenvalue weighted by Gasteiger charge is -2.13. The molecule has 0 aliphatic rings. The minimum absolute atomic E-state index is 0.690. The molecule has 0 unspecified atom stereocenters. The highest BCUT2D eigenvalue weighted by atomic mass is 16.3. The van der Waals surface area contributed by atoms with Crippen molar-refractivity contribution in [2.75, 3.05) is 0 Å². The van der Waals surface area contributed by atoms with Crippen LogP contribution in [-0.4, -0.2) is 9.97 Å². The van der Waals surface area contributed by atoms with Crippen LogP contribution in [-0.2, 0) is 0 Å². The van der Waals surface area contributed by atoms with Gasteiger partial charge in [-0.05, 0) is 62.1 Å². The first-order valence-corrected chi connectivity index (χ1v) is 16.6. The van der Waals surface area contributed by atoms with E-state index in [1.165, 1.54) is 32.3 Å². The average molecular weight is 625 g/mol. The van der Waals surface area contributed by atoms with Gasteiger partial charge in [0.05, 0.1) is 11.4 Å². The zero-order chi connectivity index (χ0) is 32.3. The Hall–Kier alpha value is -6.58. The lowest BCUT2D eigenvalue weighted by Crippen LogP contribution is -1.96. The Balaban J connectivity index is 1.24. The molecule has 0 radical (unpaired) electrons. The van der Waals surface area contributed by atoms with Gasteiger partial charge in [-0.15, -0.1) is 0 Å². The molecule has 0 atom stereocenters. The summed E-state index contributed by atoms with van der Waals surface area (Å²) in [5, 5.41) is 9.64. The minimum Gasteiger partial charge on any atom is -0.455 e. The second-order valence-electron chi connectivity index (χ2n) is 12.5. The van der Waals surface area contributed by atoms with Crippen molar-refractivity contribution in [3.05, 3.63) is 170 Å². The Labute approximate surface area is 282 Å². The molecule has 0 saturated heterocycles. The van der Waals surface area contributed by atoms with E-state index in [1.54, 1.807) is 0 Å². The first-order valence-electron chi connectivity index (χ1n) is 16.6. The second-order valence-corrected chi connectivity index (χ2v) is 12.5. The summed E-state index contributed by atoms with van der Waals surface area (Å²) in [6, 6.07) is 59.6. The number of hydrogen-bond donors (Lipinski definition) is 0. The SMILES string of the molecule is c1ccc(-c2cc(-c3ccc(-c4ccc5c6ccccc6c6ccccc6c5c4)c4oc5ccccc5c34)nc(-c3ccccc3)n2)cc1. The van der Waals surface area contributed by atoms with Crippen LogP contribution in [0.15, 0.2) is 174 Å². The van der Waals surface area contributed by atoms with Crippen molar-refractivity contribution in [2.24, 2.45) is 0 Å². The van der Waals surface area contributed by atoms with Gasteiger partial charge >= 0.3 is 0 Å². The summed E-state index contributed by atoms with van der Waals surface area (Å²) < 4.78 is 6.76. The fourth-order valence-electron chi connectivity index (χ4n) is 7.40. The van der Waals surface area contributed by atoms with E-state index in [-0.39, 0.29) is 0 Å². The van der Waals surface area contributed by atoms with Crippen molar-refractivity contribution in [1.82, 2.24) is 9.97 Å². The fraction of sp³-hybridized carbons (Fsp3) is 0. The summed E-state index contributed by atoms with van der Waals surface area (Å²) in [5.74, 6) is 0.690. The third kappa shape index (κ3) is 4.44. The molecule has 2 aromatic heterocycles. The van der Waals surface area contributed by atoms with Gasteiger partial charge in [0.25, 0.3) is 0 Å². The van der Waals surface area contributed by atoms with Crippen LogP contribution in [0.2, 0.25) is 0 Å². The van der Waals surface area contributed by atoms with Gasteiger partial charge < -0.3 is 4.42 Å². The molecule has 49 heavy (non-hydrogen) atoms. The van der Waals surface area contributed by atoms with Crippen molar-refractivity contribution in [3.8, 4) is 45.0 Å². The molecule has 0 bridgehead atoms. The number of furan rings is 1. The maximum absolute atomic E-state index is 6.76. The van der Waals surface area contributed by atoms with Crippen LogP contribution < -0.4 is 0 Å². The van der Waals surface area contributed by atoms with Crippen LogP contribution in [0.5, 0.6) is 0 Å². The van der Waals surface area contributed by atoms with Crippen molar-refractivity contribution in [2.45, 2.75) is 0 Å². The Morgan fingerprint density at radius 1 is 0.347 bits per heavy atom. The molecule has 228 valence electrons. The molecular formula is C46H28N2O. The van der Waals surface area contributed by atoms with E-state index in [0.717, 1.165) is 61.1 Å². The fourth-order valence-corrected chi connectivity index (χ4v) is 7.40. The van der Waals surface area contributed by atoms with Gasteiger partial charge in [0.2, 0.25) is 0 Å². The number of fused-ring (bicyclic) bond motifs is 9. The first-order chi connectivity index (χ1) is 24.3. The topological polar surface area (TPSA) is 38.9 Å². The summed E-state index contributed by atoms with van der Waals surface area (Å²) in [4.78, 5) is 10.2. The van der Waals surface area contributed by atoms with E-state index >= 15 is 0 Å². The maximum Gasteiger partial charge on any atom is 0.160 e. The Kier molecular flexibility index (Phi) is 6.18. The molecule has 0 aliphatic heterocycles. The molecule has 3 heteroatoms. The van der Waals surface area contributed by atoms with Crippen molar-refractivity contribution < 1.29 is 4.42 Å². The smallest absolute Gasteiger partial charge is 0.160 e. The zero-order valence-electron chi connectivity index (χ0n) is 26.5. The van der Waals surface area contributed by atoms with Gasteiger partial charge in [-0.2, -0.15) is 0 Å². The monoisotopic (exact) mass is 624 g/mol. The lowest BCUT2D eigenvalue weighted by molar-refractivity contribution is 0.670. The van der Waals surface area contributed by atoms with E-state index in [9.17, 15) is 0 Å². The van der Waals surface area contributed by atoms with Crippen molar-refractivity contribution >= 4 is 54.3 Å². The Bertz CT molecular complexity index is 2780. The number of para-hydroxylation sites is 1. The summed E-state index contributed by atoms with van der Waals surface area (Å²) >= 11 is 0. The predicted octanol–water partition coefficient (Wildman–Crippen LogP) is 12.5. The van der Waals surface area contributed by atoms with E-state index in [0.29, 0.717) is 5.82 Å². The number of aromatic nitrogens is 2. The molecule has 0 spiro atoms. The summed E-state index contributed by atoms with van der Waals surface area (Å²) in [6.45, 7) is 0. The van der Waals surface area contributed by atoms with Gasteiger partial charge in [-0.25, -0.2) is 9.97 Å². The van der Waals surface area contributed by atoms with E-state index in [4.69, 9.17) is 14.4 Å². The van der Waals surface area contributed by atoms with Crippen LogP contribution in [0, 0.1) is 0 Å². The number of nitrogens with zero attached hydrogens (tertiary/aromatic N) is 2. The average Bonchev–Trinajstić information content (AvgIpc) is 3.58. The second kappa shape index (κ2) is 11.0. The number of rotatable bonds is 4. The highest BCUT2D eigenvalue weighted by Crippen LogP contribution is 2.44.